The summed E-state index contributed by atoms with van der Waals surface area (Å²) in [6.07, 6.45) is 2.54. The summed E-state index contributed by atoms with van der Waals surface area (Å²) in [4.78, 5) is 28.3. The molecule has 140 valence electrons. The molecular weight excluding hydrogens is 372 g/mol. The van der Waals surface area contributed by atoms with Crippen molar-refractivity contribution >= 4 is 32.8 Å². The fraction of sp³-hybridized carbons (Fsp3) is 0.182. The van der Waals surface area contributed by atoms with Crippen LogP contribution in [0.1, 0.15) is 16.8 Å². The molecule has 1 aliphatic rings. The third-order valence-electron chi connectivity index (χ3n) is 5.48. The molecule has 1 unspecified atom stereocenters. The quantitative estimate of drug-likeness (QED) is 0.583. The molecule has 3 aromatic heterocycles. The van der Waals surface area contributed by atoms with Crippen LogP contribution in [0.5, 0.6) is 0 Å². The minimum absolute atomic E-state index is 0.0452. The number of hydrogen-bond donors (Lipinski definition) is 1. The number of likely N-dealkylation sites (tertiary alicyclic amines) is 1. The lowest BCUT2D eigenvalue weighted by Crippen LogP contribution is -2.53. The van der Waals surface area contributed by atoms with Crippen LogP contribution in [-0.4, -0.2) is 39.5 Å². The molecule has 1 saturated heterocycles. The number of amides is 1. The van der Waals surface area contributed by atoms with Crippen LogP contribution in [0.25, 0.3) is 26.7 Å². The van der Waals surface area contributed by atoms with Crippen LogP contribution in [0.15, 0.2) is 64.9 Å². The molecular formula is C22H18N2O3S. The van der Waals surface area contributed by atoms with Crippen molar-refractivity contribution in [3.63, 3.8) is 0 Å². The number of carbonyl (C=O) groups is 1. The van der Waals surface area contributed by atoms with Crippen molar-refractivity contribution in [1.29, 1.82) is 0 Å². The lowest BCUT2D eigenvalue weighted by molar-refractivity contribution is 0.0297. The topological polar surface area (TPSA) is 62.0 Å². The van der Waals surface area contributed by atoms with Crippen molar-refractivity contribution in [2.45, 2.75) is 12.5 Å². The van der Waals surface area contributed by atoms with Crippen LogP contribution < -0.4 is 5.56 Å². The van der Waals surface area contributed by atoms with Crippen LogP contribution >= 0.6 is 11.3 Å². The zero-order chi connectivity index (χ0) is 19.3. The van der Waals surface area contributed by atoms with Gasteiger partial charge in [-0.3, -0.25) is 14.0 Å². The van der Waals surface area contributed by atoms with Gasteiger partial charge in [0.15, 0.2) is 0 Å². The standard InChI is InChI=1S/C22H18N2O3S/c25-13-16-7-10-23(16)22(27)18-12-17(14-4-2-1-3-5-14)21(26)24-9-6-15-8-11-28-20(15)19(18)24/h1-6,8-9,11-12,16,25H,7,10,13H2. The average Bonchev–Trinajstić information content (AvgIpc) is 3.17. The number of fused-ring (bicyclic) bond motifs is 3. The molecule has 1 fully saturated rings. The Morgan fingerprint density at radius 2 is 2.00 bits per heavy atom. The smallest absolute Gasteiger partial charge is 0.263 e. The van der Waals surface area contributed by atoms with Gasteiger partial charge in [0.2, 0.25) is 0 Å². The summed E-state index contributed by atoms with van der Waals surface area (Å²) < 4.78 is 2.51. The van der Waals surface area contributed by atoms with Gasteiger partial charge in [0.05, 0.1) is 28.4 Å². The number of aliphatic hydroxyl groups excluding tert-OH is 1. The lowest BCUT2D eigenvalue weighted by Gasteiger charge is -2.40. The molecule has 1 amide bonds. The van der Waals surface area contributed by atoms with Crippen LogP contribution in [-0.2, 0) is 0 Å². The van der Waals surface area contributed by atoms with E-state index >= 15 is 0 Å². The SMILES string of the molecule is O=C(c1cc(-c2ccccc2)c(=O)n2ccc3ccsc3c12)N1CCC1CO. The van der Waals surface area contributed by atoms with E-state index in [1.807, 2.05) is 47.8 Å². The van der Waals surface area contributed by atoms with E-state index in [2.05, 4.69) is 0 Å². The Morgan fingerprint density at radius 1 is 1.18 bits per heavy atom. The van der Waals surface area contributed by atoms with E-state index in [0.29, 0.717) is 23.2 Å². The summed E-state index contributed by atoms with van der Waals surface area (Å²) >= 11 is 1.52. The van der Waals surface area contributed by atoms with E-state index in [0.717, 1.165) is 22.1 Å². The normalized spacial score (nSPS) is 16.5. The second kappa shape index (κ2) is 6.58. The second-order valence-corrected chi connectivity index (χ2v) is 7.92. The third kappa shape index (κ3) is 2.49. The summed E-state index contributed by atoms with van der Waals surface area (Å²) in [5.74, 6) is -0.138. The van der Waals surface area contributed by atoms with Gasteiger partial charge in [-0.15, -0.1) is 11.3 Å². The number of nitrogens with zero attached hydrogens (tertiary/aromatic N) is 2. The van der Waals surface area contributed by atoms with Crippen molar-refractivity contribution in [3.8, 4) is 11.1 Å². The fourth-order valence-corrected chi connectivity index (χ4v) is 4.79. The Labute approximate surface area is 165 Å². The maximum Gasteiger partial charge on any atom is 0.263 e. The highest BCUT2D eigenvalue weighted by Gasteiger charge is 2.33. The molecule has 0 radical (unpaired) electrons. The largest absolute Gasteiger partial charge is 0.394 e. The predicted molar refractivity (Wildman–Crippen MR) is 111 cm³/mol. The monoisotopic (exact) mass is 390 g/mol. The molecule has 1 atom stereocenters. The molecule has 4 aromatic rings. The number of rotatable bonds is 3. The van der Waals surface area contributed by atoms with Crippen LogP contribution in [0.4, 0.5) is 0 Å². The highest BCUT2D eigenvalue weighted by Crippen LogP contribution is 2.31. The Balaban J connectivity index is 1.83. The maximum atomic E-state index is 13.4. The van der Waals surface area contributed by atoms with Crippen molar-refractivity contribution in [2.24, 2.45) is 0 Å². The molecule has 0 bridgehead atoms. The average molecular weight is 390 g/mol. The number of pyridine rings is 2. The van der Waals surface area contributed by atoms with Gasteiger partial charge >= 0.3 is 0 Å². The van der Waals surface area contributed by atoms with Gasteiger partial charge in [0.25, 0.3) is 11.5 Å². The van der Waals surface area contributed by atoms with Gasteiger partial charge in [-0.05, 0) is 40.9 Å². The van der Waals surface area contributed by atoms with Gasteiger partial charge in [-0.25, -0.2) is 0 Å². The number of hydrogen-bond acceptors (Lipinski definition) is 4. The van der Waals surface area contributed by atoms with Crippen molar-refractivity contribution < 1.29 is 9.90 Å². The molecule has 4 heterocycles. The second-order valence-electron chi connectivity index (χ2n) is 7.01. The first-order valence-electron chi connectivity index (χ1n) is 9.22. The Bertz CT molecular complexity index is 1260. The first-order chi connectivity index (χ1) is 13.7. The molecule has 5 rings (SSSR count). The zero-order valence-corrected chi connectivity index (χ0v) is 15.9. The maximum absolute atomic E-state index is 13.4. The number of aromatic nitrogens is 1. The first-order valence-corrected chi connectivity index (χ1v) is 10.1. The fourth-order valence-electron chi connectivity index (χ4n) is 3.85. The highest BCUT2D eigenvalue weighted by molar-refractivity contribution is 7.18. The molecule has 0 saturated carbocycles. The third-order valence-corrected chi connectivity index (χ3v) is 6.42. The number of aliphatic hydroxyl groups is 1. The Hall–Kier alpha value is -2.96. The molecule has 1 aliphatic heterocycles. The molecule has 0 spiro atoms. The summed E-state index contributed by atoms with van der Waals surface area (Å²) in [6, 6.07) is 14.9. The van der Waals surface area contributed by atoms with E-state index in [-0.39, 0.29) is 24.1 Å². The molecule has 1 aromatic carbocycles. The van der Waals surface area contributed by atoms with Gasteiger partial charge in [-0.2, -0.15) is 0 Å². The van der Waals surface area contributed by atoms with Gasteiger partial charge in [0, 0.05) is 18.3 Å². The van der Waals surface area contributed by atoms with Crippen LogP contribution in [0, 0.1) is 0 Å². The summed E-state index contributed by atoms with van der Waals surface area (Å²) in [5.41, 5.74) is 2.29. The molecule has 6 heteroatoms. The van der Waals surface area contributed by atoms with Gasteiger partial charge in [-0.1, -0.05) is 30.3 Å². The molecule has 0 aliphatic carbocycles. The van der Waals surface area contributed by atoms with Crippen molar-refractivity contribution in [1.82, 2.24) is 9.30 Å². The van der Waals surface area contributed by atoms with Crippen molar-refractivity contribution in [3.05, 3.63) is 76.0 Å². The zero-order valence-electron chi connectivity index (χ0n) is 15.0. The minimum Gasteiger partial charge on any atom is -0.394 e. The summed E-state index contributed by atoms with van der Waals surface area (Å²) in [5, 5.41) is 12.5. The predicted octanol–water partition coefficient (Wildman–Crippen LogP) is 3.39. The minimum atomic E-state index is -0.151. The highest BCUT2D eigenvalue weighted by atomic mass is 32.1. The molecule has 5 nitrogen and oxygen atoms in total. The number of thiophene rings is 1. The molecule has 28 heavy (non-hydrogen) atoms. The number of carbonyl (C=O) groups excluding carboxylic acids is 1. The van der Waals surface area contributed by atoms with E-state index in [1.165, 1.54) is 11.3 Å². The van der Waals surface area contributed by atoms with E-state index in [4.69, 9.17) is 0 Å². The van der Waals surface area contributed by atoms with E-state index < -0.39 is 0 Å². The molecule has 1 N–H and O–H groups in total. The van der Waals surface area contributed by atoms with Crippen LogP contribution in [0.3, 0.4) is 0 Å². The summed E-state index contributed by atoms with van der Waals surface area (Å²) in [7, 11) is 0. The summed E-state index contributed by atoms with van der Waals surface area (Å²) in [6.45, 7) is 0.576. The van der Waals surface area contributed by atoms with Gasteiger partial charge in [0.1, 0.15) is 0 Å². The van der Waals surface area contributed by atoms with Crippen LogP contribution in [0.2, 0.25) is 0 Å². The van der Waals surface area contributed by atoms with Gasteiger partial charge < -0.3 is 10.0 Å². The Kier molecular flexibility index (Phi) is 4.03. The van der Waals surface area contributed by atoms with Crippen molar-refractivity contribution in [2.75, 3.05) is 13.2 Å². The first kappa shape index (κ1) is 17.2. The lowest BCUT2D eigenvalue weighted by atomic mass is 9.99. The Morgan fingerprint density at radius 3 is 2.71 bits per heavy atom. The number of benzene rings is 1. The van der Waals surface area contributed by atoms with E-state index in [9.17, 15) is 14.7 Å². The van der Waals surface area contributed by atoms with E-state index in [1.54, 1.807) is 21.6 Å².